The van der Waals surface area contributed by atoms with Crippen molar-refractivity contribution in [1.29, 1.82) is 0 Å². The molecule has 0 N–H and O–H groups in total. The maximum absolute atomic E-state index is 13.6. The van der Waals surface area contributed by atoms with Crippen molar-refractivity contribution in [2.75, 3.05) is 13.2 Å². The lowest BCUT2D eigenvalue weighted by atomic mass is 10.1. The normalized spacial score (nSPS) is 16.4. The largest absolute Gasteiger partial charge is 0.462 e. The van der Waals surface area contributed by atoms with Gasteiger partial charge in [-0.15, -0.1) is 0 Å². The van der Waals surface area contributed by atoms with Gasteiger partial charge in [0.1, 0.15) is 16.9 Å². The minimum atomic E-state index is -0.775. The predicted molar refractivity (Wildman–Crippen MR) is 151 cm³/mol. The van der Waals surface area contributed by atoms with Crippen LogP contribution in [0, 0.1) is 17.0 Å². The van der Waals surface area contributed by atoms with Crippen molar-refractivity contribution < 1.29 is 24.0 Å². The maximum atomic E-state index is 13.6. The Kier molecular flexibility index (Phi) is 9.03. The lowest BCUT2D eigenvalue weighted by molar-refractivity contribution is -0.420. The molecule has 1 atom stereocenters. The molecule has 41 heavy (non-hydrogen) atoms. The summed E-state index contributed by atoms with van der Waals surface area (Å²) in [7, 11) is 0. The number of amides is 1. The van der Waals surface area contributed by atoms with E-state index in [9.17, 15) is 24.5 Å². The molecule has 0 radical (unpaired) electrons. The fourth-order valence-electron chi connectivity index (χ4n) is 4.72. The van der Waals surface area contributed by atoms with E-state index in [1.54, 1.807) is 23.8 Å². The Morgan fingerprint density at radius 1 is 1.37 bits per heavy atom. The summed E-state index contributed by atoms with van der Waals surface area (Å²) in [5.74, 6) is -1.50. The van der Waals surface area contributed by atoms with E-state index >= 15 is 0 Å². The number of carbonyl (C=O) groups is 2. The van der Waals surface area contributed by atoms with Crippen LogP contribution in [0.3, 0.4) is 0 Å². The molecule has 4 heterocycles. The van der Waals surface area contributed by atoms with Gasteiger partial charge >= 0.3 is 5.97 Å². The quantitative estimate of drug-likeness (QED) is 0.127. The zero-order valence-electron chi connectivity index (χ0n) is 23.2. The molecule has 1 saturated heterocycles. The number of hydrogen-bond acceptors (Lipinski definition) is 8. The lowest BCUT2D eigenvalue weighted by Crippen LogP contribution is -2.35. The van der Waals surface area contributed by atoms with E-state index in [1.165, 1.54) is 35.6 Å². The van der Waals surface area contributed by atoms with E-state index in [0.717, 1.165) is 18.4 Å². The number of pyridine rings is 2. The van der Waals surface area contributed by atoms with Crippen LogP contribution in [0.5, 0.6) is 0 Å². The number of allylic oxidation sites excluding steroid dienone is 3. The Hall–Kier alpha value is -4.71. The van der Waals surface area contributed by atoms with Crippen molar-refractivity contribution in [1.82, 2.24) is 14.0 Å². The zero-order chi connectivity index (χ0) is 29.7. The Morgan fingerprint density at radius 3 is 2.80 bits per heavy atom. The molecular formula is C29H31N5O7. The number of ether oxygens (including phenoxy) is 2. The van der Waals surface area contributed by atoms with Crippen LogP contribution in [0.25, 0.3) is 16.7 Å². The van der Waals surface area contributed by atoms with Crippen molar-refractivity contribution in [3.05, 3.63) is 97.6 Å². The van der Waals surface area contributed by atoms with Crippen LogP contribution in [-0.2, 0) is 20.8 Å². The van der Waals surface area contributed by atoms with Gasteiger partial charge < -0.3 is 14.0 Å². The van der Waals surface area contributed by atoms with Gasteiger partial charge in [0.05, 0.1) is 36.0 Å². The van der Waals surface area contributed by atoms with E-state index in [2.05, 4.69) is 11.6 Å². The molecule has 214 valence electrons. The van der Waals surface area contributed by atoms with Gasteiger partial charge in [0.2, 0.25) is 0 Å². The first-order valence-electron chi connectivity index (χ1n) is 13.2. The van der Waals surface area contributed by atoms with Crippen LogP contribution >= 0.6 is 0 Å². The second kappa shape index (κ2) is 12.6. The summed E-state index contributed by atoms with van der Waals surface area (Å²) < 4.78 is 14.1. The molecule has 1 amide bonds. The number of fused-ring (bicyclic) bond motifs is 2. The van der Waals surface area contributed by atoms with Crippen LogP contribution in [0.1, 0.15) is 49.0 Å². The van der Waals surface area contributed by atoms with Crippen molar-refractivity contribution in [2.45, 2.75) is 52.7 Å². The fourth-order valence-corrected chi connectivity index (χ4v) is 4.72. The van der Waals surface area contributed by atoms with Gasteiger partial charge in [-0.1, -0.05) is 24.8 Å². The van der Waals surface area contributed by atoms with Gasteiger partial charge in [-0.05, 0) is 51.3 Å². The molecule has 0 spiro atoms. The van der Waals surface area contributed by atoms with Gasteiger partial charge in [-0.25, -0.2) is 9.78 Å². The number of hydrogen-bond donors (Lipinski definition) is 0. The molecule has 0 aliphatic carbocycles. The first-order valence-corrected chi connectivity index (χ1v) is 13.2. The third-order valence-corrected chi connectivity index (χ3v) is 6.68. The van der Waals surface area contributed by atoms with Gasteiger partial charge in [0.15, 0.2) is 5.49 Å². The molecule has 3 aromatic rings. The first-order chi connectivity index (χ1) is 19.7. The number of nitrogens with zero attached hydrogens (tertiary/aromatic N) is 5. The Balaban J connectivity index is 2.03. The smallest absolute Gasteiger partial charge is 0.341 e. The second-order valence-electron chi connectivity index (χ2n) is 9.59. The van der Waals surface area contributed by atoms with E-state index < -0.39 is 22.4 Å². The van der Waals surface area contributed by atoms with Crippen molar-refractivity contribution in [2.24, 2.45) is 4.99 Å². The first kappa shape index (κ1) is 29.3. The van der Waals surface area contributed by atoms with Crippen LogP contribution in [-0.4, -0.2) is 50.1 Å². The molecular weight excluding hydrogens is 530 g/mol. The van der Waals surface area contributed by atoms with Crippen LogP contribution < -0.4 is 11.0 Å². The van der Waals surface area contributed by atoms with Gasteiger partial charge in [-0.2, -0.15) is 4.99 Å². The van der Waals surface area contributed by atoms with E-state index in [1.807, 2.05) is 13.0 Å². The average Bonchev–Trinajstić information content (AvgIpc) is 3.44. The topological polar surface area (TPSA) is 147 Å². The van der Waals surface area contributed by atoms with Crippen molar-refractivity contribution >= 4 is 28.6 Å². The van der Waals surface area contributed by atoms with E-state index in [4.69, 9.17) is 14.5 Å². The molecule has 0 bridgehead atoms. The maximum Gasteiger partial charge on any atom is 0.341 e. The summed E-state index contributed by atoms with van der Waals surface area (Å²) in [4.78, 5) is 60.0. The van der Waals surface area contributed by atoms with Crippen LogP contribution in [0.4, 0.5) is 0 Å². The predicted octanol–water partition coefficient (Wildman–Crippen LogP) is 3.42. The second-order valence-corrected chi connectivity index (χ2v) is 9.59. The molecule has 12 nitrogen and oxygen atoms in total. The minimum absolute atomic E-state index is 0.0494. The molecule has 0 aromatic carbocycles. The van der Waals surface area contributed by atoms with Crippen LogP contribution in [0.15, 0.2) is 70.3 Å². The summed E-state index contributed by atoms with van der Waals surface area (Å²) in [6.45, 7) is 9.20. The Morgan fingerprint density at radius 2 is 2.15 bits per heavy atom. The number of carbonyl (C=O) groups excluding carboxylic acids is 2. The fraction of sp³-hybridized carbons (Fsp3) is 0.345. The lowest BCUT2D eigenvalue weighted by Gasteiger charge is -2.18. The molecule has 0 saturated carbocycles. The van der Waals surface area contributed by atoms with Gasteiger partial charge in [0.25, 0.3) is 17.2 Å². The summed E-state index contributed by atoms with van der Waals surface area (Å²) >= 11 is 0. The zero-order valence-corrected chi connectivity index (χ0v) is 23.2. The summed E-state index contributed by atoms with van der Waals surface area (Å²) in [6.07, 6.45) is 6.53. The Labute approximate surface area is 235 Å². The summed E-state index contributed by atoms with van der Waals surface area (Å²) in [5.41, 5.74) is 0.743. The number of rotatable bonds is 9. The molecule has 1 aliphatic rings. The SMILES string of the molecule is C=CC=CC(=C(C)CC(=O)N=c1c(C(=O)OCC)cc2c(=O)n3cccc(C)c3nc2n1CC1CCCO1)[N+](=O)[O-]. The van der Waals surface area contributed by atoms with E-state index in [-0.39, 0.29) is 59.0 Å². The van der Waals surface area contributed by atoms with E-state index in [0.29, 0.717) is 12.3 Å². The highest BCUT2D eigenvalue weighted by atomic mass is 16.6. The van der Waals surface area contributed by atoms with Crippen LogP contribution in [0.2, 0.25) is 0 Å². The minimum Gasteiger partial charge on any atom is -0.462 e. The molecule has 3 aromatic heterocycles. The van der Waals surface area contributed by atoms with Gasteiger partial charge in [0, 0.05) is 24.5 Å². The molecule has 1 fully saturated rings. The summed E-state index contributed by atoms with van der Waals surface area (Å²) in [6, 6.07) is 4.89. The Bertz CT molecular complexity index is 1740. The number of nitro groups is 1. The highest BCUT2D eigenvalue weighted by Gasteiger charge is 2.24. The molecule has 1 aliphatic heterocycles. The van der Waals surface area contributed by atoms with Crippen molar-refractivity contribution in [3.63, 3.8) is 0 Å². The number of aryl methyl sites for hydroxylation is 1. The summed E-state index contributed by atoms with van der Waals surface area (Å²) in [5, 5.41) is 11.7. The molecule has 12 heteroatoms. The number of aromatic nitrogens is 3. The molecule has 4 rings (SSSR count). The monoisotopic (exact) mass is 561 g/mol. The standard InChI is InChI=1S/C29H31N5O7/c1-5-7-12-23(34(38)39)19(4)15-24(35)30-27-22(29(37)40-6-2)16-21-26(33(27)17-20-11-9-14-41-20)31-25-18(3)10-8-13-32(25)28(21)36/h5,7-8,10,12-13,16,20H,1,6,9,11,14-15,17H2,2-4H3. The van der Waals surface area contributed by atoms with Gasteiger partial charge in [-0.3, -0.25) is 24.1 Å². The highest BCUT2D eigenvalue weighted by Crippen LogP contribution is 2.18. The third kappa shape index (κ3) is 6.22. The highest BCUT2D eigenvalue weighted by molar-refractivity contribution is 5.94. The average molecular weight is 562 g/mol. The third-order valence-electron chi connectivity index (χ3n) is 6.68. The van der Waals surface area contributed by atoms with Crippen molar-refractivity contribution in [3.8, 4) is 0 Å². The molecule has 1 unspecified atom stereocenters. The number of esters is 1.